The average molecular weight is 496 g/mol. The number of rotatable bonds is 4. The first kappa shape index (κ1) is 22.2. The largest absolute Gasteiger partial charge is 0.412 e. The lowest BCUT2D eigenvalue weighted by molar-refractivity contribution is -0.117. The van der Waals surface area contributed by atoms with Crippen LogP contribution in [0.4, 0.5) is 11.5 Å². The minimum atomic E-state index is -0.489. The molecule has 8 nitrogen and oxygen atoms in total. The highest BCUT2D eigenvalue weighted by molar-refractivity contribution is 6.39. The van der Waals surface area contributed by atoms with E-state index in [1.54, 1.807) is 29.2 Å². The van der Waals surface area contributed by atoms with Crippen LogP contribution in [0.1, 0.15) is 12.8 Å². The molecule has 1 saturated heterocycles. The number of nitrogens with two attached hydrogens (primary N) is 1. The minimum absolute atomic E-state index is 0.109. The summed E-state index contributed by atoms with van der Waals surface area (Å²) in [6, 6.07) is 13.9. The van der Waals surface area contributed by atoms with Crippen LogP contribution in [0.15, 0.2) is 53.3 Å². The zero-order chi connectivity index (χ0) is 24.0. The van der Waals surface area contributed by atoms with E-state index >= 15 is 0 Å². The highest BCUT2D eigenvalue weighted by Gasteiger charge is 2.22. The van der Waals surface area contributed by atoms with Gasteiger partial charge in [0.2, 0.25) is 5.91 Å². The third kappa shape index (κ3) is 3.65. The van der Waals surface area contributed by atoms with Crippen molar-refractivity contribution in [3.63, 3.8) is 0 Å². The molecule has 172 valence electrons. The van der Waals surface area contributed by atoms with Gasteiger partial charge in [0.05, 0.1) is 21.0 Å². The summed E-state index contributed by atoms with van der Waals surface area (Å²) in [6.45, 7) is 0.704. The fourth-order valence-corrected chi connectivity index (χ4v) is 4.72. The molecule has 0 atom stereocenters. The van der Waals surface area contributed by atoms with Gasteiger partial charge in [0.1, 0.15) is 12.9 Å². The van der Waals surface area contributed by atoms with E-state index in [2.05, 4.69) is 9.97 Å². The molecule has 2 N–H and O–H groups in total. The summed E-state index contributed by atoms with van der Waals surface area (Å²) >= 11 is 12.7. The number of nitrogen functional groups attached to an aromatic ring is 1. The third-order valence-electron chi connectivity index (χ3n) is 5.78. The van der Waals surface area contributed by atoms with E-state index in [1.807, 2.05) is 24.3 Å². The number of hydrogen-bond donors (Lipinski definition) is 1. The summed E-state index contributed by atoms with van der Waals surface area (Å²) in [6.07, 6.45) is 1.41. The highest BCUT2D eigenvalue weighted by Crippen LogP contribution is 2.35. The molecule has 0 unspecified atom stereocenters. The number of fused-ring (bicyclic) bond motifs is 1. The zero-order valence-corrected chi connectivity index (χ0v) is 19.6. The van der Waals surface area contributed by atoms with Gasteiger partial charge in [-0.15, -0.1) is 4.73 Å². The number of pyridine rings is 1. The molecule has 1 fully saturated rings. The fraction of sp³-hybridized carbons (Fsp3) is 0.167. The third-order valence-corrected chi connectivity index (χ3v) is 6.41. The van der Waals surface area contributed by atoms with Crippen LogP contribution in [-0.2, 0) is 4.79 Å². The first-order chi connectivity index (χ1) is 16.4. The Balaban J connectivity index is 1.65. The van der Waals surface area contributed by atoms with Crippen molar-refractivity contribution in [1.29, 1.82) is 0 Å². The summed E-state index contributed by atoms with van der Waals surface area (Å²) < 4.78 is 1.04. The Kier molecular flexibility index (Phi) is 5.63. The Morgan fingerprint density at radius 3 is 2.35 bits per heavy atom. The normalized spacial score (nSPS) is 13.6. The van der Waals surface area contributed by atoms with E-state index in [1.165, 1.54) is 7.11 Å². The van der Waals surface area contributed by atoms with Crippen molar-refractivity contribution in [2.45, 2.75) is 12.8 Å². The second kappa shape index (κ2) is 8.62. The number of benzene rings is 2. The summed E-state index contributed by atoms with van der Waals surface area (Å²) in [5, 5.41) is 1.05. The minimum Gasteiger partial charge on any atom is -0.412 e. The van der Waals surface area contributed by atoms with Crippen LogP contribution >= 0.6 is 23.2 Å². The number of aromatic nitrogens is 3. The van der Waals surface area contributed by atoms with Crippen LogP contribution in [0.25, 0.3) is 33.5 Å². The first-order valence-electron chi connectivity index (χ1n) is 10.5. The number of nitrogens with zero attached hydrogens (tertiary/aromatic N) is 4. The molecular weight excluding hydrogens is 477 g/mol. The lowest BCUT2D eigenvalue weighted by Gasteiger charge is -2.16. The van der Waals surface area contributed by atoms with Crippen LogP contribution < -0.4 is 21.0 Å². The van der Waals surface area contributed by atoms with Gasteiger partial charge in [-0.05, 0) is 48.9 Å². The molecule has 10 heteroatoms. The van der Waals surface area contributed by atoms with Gasteiger partial charge in [-0.1, -0.05) is 29.3 Å². The summed E-state index contributed by atoms with van der Waals surface area (Å²) in [5.74, 6) is 0.588. The molecule has 34 heavy (non-hydrogen) atoms. The van der Waals surface area contributed by atoms with Crippen molar-refractivity contribution in [2.75, 3.05) is 24.3 Å². The molecule has 2 aromatic carbocycles. The van der Waals surface area contributed by atoms with Gasteiger partial charge in [-0.2, -0.15) is 0 Å². The average Bonchev–Trinajstić information content (AvgIpc) is 3.25. The van der Waals surface area contributed by atoms with E-state index < -0.39 is 5.56 Å². The van der Waals surface area contributed by atoms with Gasteiger partial charge in [-0.3, -0.25) is 9.59 Å². The van der Waals surface area contributed by atoms with Crippen LogP contribution in [0, 0.1) is 0 Å². The second-order valence-corrected chi connectivity index (χ2v) is 8.62. The predicted octanol–water partition coefficient (Wildman–Crippen LogP) is 4.20. The molecule has 1 amide bonds. The zero-order valence-electron chi connectivity index (χ0n) is 18.1. The maximum absolute atomic E-state index is 13.3. The van der Waals surface area contributed by atoms with Gasteiger partial charge in [0.25, 0.3) is 5.56 Å². The first-order valence-corrected chi connectivity index (χ1v) is 11.3. The van der Waals surface area contributed by atoms with Crippen molar-refractivity contribution in [1.82, 2.24) is 14.7 Å². The molecule has 1 aliphatic heterocycles. The molecule has 0 radical (unpaired) electrons. The lowest BCUT2D eigenvalue weighted by atomic mass is 10.1. The topological polar surface area (TPSA) is 103 Å². The van der Waals surface area contributed by atoms with Crippen molar-refractivity contribution in [2.24, 2.45) is 0 Å². The Labute approximate surface area is 204 Å². The van der Waals surface area contributed by atoms with Gasteiger partial charge >= 0.3 is 0 Å². The monoisotopic (exact) mass is 495 g/mol. The number of anilines is 2. The van der Waals surface area contributed by atoms with Crippen LogP contribution in [-0.4, -0.2) is 34.3 Å². The van der Waals surface area contributed by atoms with E-state index in [4.69, 9.17) is 33.8 Å². The molecule has 5 rings (SSSR count). The van der Waals surface area contributed by atoms with Gasteiger partial charge in [0.15, 0.2) is 11.5 Å². The molecule has 3 heterocycles. The standard InChI is InChI=1S/C24H19Cl2N5O3/c1-34-31-23-16(12-15(24(31)33)20-17(25)4-2-5-18(20)26)21(27)28-22(29-23)13-7-9-14(10-8-13)30-11-3-6-19(30)32/h2,4-5,7-10,12H,3,6,11H2,1H3,(H2,27,28,29). The lowest BCUT2D eigenvalue weighted by Crippen LogP contribution is -2.27. The van der Waals surface area contributed by atoms with Gasteiger partial charge in [-0.25, -0.2) is 9.97 Å². The predicted molar refractivity (Wildman–Crippen MR) is 133 cm³/mol. The number of hydrogen-bond acceptors (Lipinski definition) is 6. The van der Waals surface area contributed by atoms with Crippen molar-refractivity contribution < 1.29 is 9.63 Å². The number of carbonyl (C=O) groups is 1. The SMILES string of the molecule is COn1c(=O)c(-c2c(Cl)cccc2Cl)cc2c(N)nc(-c3ccc(N4CCCC4=O)cc3)nc21. The maximum atomic E-state index is 13.3. The second-order valence-electron chi connectivity index (χ2n) is 7.80. The summed E-state index contributed by atoms with van der Waals surface area (Å²) in [4.78, 5) is 41.4. The van der Waals surface area contributed by atoms with E-state index in [-0.39, 0.29) is 22.9 Å². The Hall–Kier alpha value is -3.62. The van der Waals surface area contributed by atoms with E-state index in [0.29, 0.717) is 45.3 Å². The van der Waals surface area contributed by atoms with Crippen LogP contribution in [0.2, 0.25) is 10.0 Å². The van der Waals surface area contributed by atoms with E-state index in [9.17, 15) is 9.59 Å². The molecule has 0 aliphatic carbocycles. The molecule has 0 bridgehead atoms. The van der Waals surface area contributed by atoms with Gasteiger partial charge < -0.3 is 15.5 Å². The van der Waals surface area contributed by atoms with Crippen LogP contribution in [0.5, 0.6) is 0 Å². The van der Waals surface area contributed by atoms with E-state index in [0.717, 1.165) is 16.8 Å². The van der Waals surface area contributed by atoms with Crippen molar-refractivity contribution in [3.05, 3.63) is 68.9 Å². The quantitative estimate of drug-likeness (QED) is 0.454. The number of amides is 1. The Bertz CT molecular complexity index is 1480. The Morgan fingerprint density at radius 2 is 1.74 bits per heavy atom. The van der Waals surface area contributed by atoms with Crippen LogP contribution in [0.3, 0.4) is 0 Å². The fourth-order valence-electron chi connectivity index (χ4n) is 4.12. The molecular formula is C24H19Cl2N5O3. The van der Waals surface area contributed by atoms with Gasteiger partial charge in [0, 0.05) is 29.8 Å². The van der Waals surface area contributed by atoms with Crippen molar-refractivity contribution in [3.8, 4) is 22.5 Å². The molecule has 0 saturated carbocycles. The highest BCUT2D eigenvalue weighted by atomic mass is 35.5. The smallest absolute Gasteiger partial charge is 0.293 e. The summed E-state index contributed by atoms with van der Waals surface area (Å²) in [5.41, 5.74) is 8.10. The Morgan fingerprint density at radius 1 is 1.03 bits per heavy atom. The number of carbonyl (C=O) groups excluding carboxylic acids is 1. The molecule has 4 aromatic rings. The number of halogens is 2. The van der Waals surface area contributed by atoms with Crippen molar-refractivity contribution >= 4 is 51.6 Å². The molecule has 2 aromatic heterocycles. The molecule has 0 spiro atoms. The maximum Gasteiger partial charge on any atom is 0.293 e. The molecule has 1 aliphatic rings. The summed E-state index contributed by atoms with van der Waals surface area (Å²) in [7, 11) is 1.36.